The Balaban J connectivity index is 1.87. The Bertz CT molecular complexity index is 912. The Hall–Kier alpha value is -3.41. The standard InChI is InChI=1S/C19H18N4O2/c1-12(16-11-17(25-23-16)22-19(20)21)14-8-5-9-15(10-14)18(24)13-6-3-2-4-7-13/h2-12H,1H3,(H4,20,21,22). The number of nitrogens with zero attached hydrogens (tertiary/aromatic N) is 2. The van der Waals surface area contributed by atoms with Gasteiger partial charge in [-0.15, -0.1) is 0 Å². The Morgan fingerprint density at radius 1 is 1.04 bits per heavy atom. The molecule has 0 amide bonds. The molecule has 0 aliphatic heterocycles. The van der Waals surface area contributed by atoms with E-state index in [2.05, 4.69) is 10.1 Å². The van der Waals surface area contributed by atoms with Crippen molar-refractivity contribution in [3.8, 4) is 0 Å². The molecule has 0 radical (unpaired) electrons. The zero-order valence-corrected chi connectivity index (χ0v) is 13.7. The van der Waals surface area contributed by atoms with E-state index in [0.29, 0.717) is 16.8 Å². The third kappa shape index (κ3) is 3.74. The third-order valence-corrected chi connectivity index (χ3v) is 3.88. The molecule has 0 saturated carbocycles. The quantitative estimate of drug-likeness (QED) is 0.424. The van der Waals surface area contributed by atoms with Crippen LogP contribution in [0.25, 0.3) is 0 Å². The predicted molar refractivity (Wildman–Crippen MR) is 95.8 cm³/mol. The summed E-state index contributed by atoms with van der Waals surface area (Å²) < 4.78 is 5.10. The van der Waals surface area contributed by atoms with Gasteiger partial charge in [0.25, 0.3) is 5.88 Å². The molecule has 0 aliphatic rings. The monoisotopic (exact) mass is 334 g/mol. The SMILES string of the molecule is CC(c1cccc(C(=O)c2ccccc2)c1)c1cc(N=C(N)N)on1. The summed E-state index contributed by atoms with van der Waals surface area (Å²) in [5.74, 6) is 0.0652. The molecule has 0 fully saturated rings. The van der Waals surface area contributed by atoms with E-state index in [9.17, 15) is 4.79 Å². The fraction of sp³-hybridized carbons (Fsp3) is 0.105. The highest BCUT2D eigenvalue weighted by Crippen LogP contribution is 2.27. The van der Waals surface area contributed by atoms with Gasteiger partial charge in [-0.3, -0.25) is 4.79 Å². The average molecular weight is 334 g/mol. The fourth-order valence-corrected chi connectivity index (χ4v) is 2.54. The maximum absolute atomic E-state index is 12.6. The van der Waals surface area contributed by atoms with Crippen LogP contribution in [0, 0.1) is 0 Å². The van der Waals surface area contributed by atoms with Crippen molar-refractivity contribution in [2.75, 3.05) is 0 Å². The van der Waals surface area contributed by atoms with Crippen LogP contribution in [-0.2, 0) is 0 Å². The maximum Gasteiger partial charge on any atom is 0.253 e. The molecule has 6 nitrogen and oxygen atoms in total. The molecule has 126 valence electrons. The van der Waals surface area contributed by atoms with Crippen LogP contribution < -0.4 is 11.5 Å². The zero-order chi connectivity index (χ0) is 17.8. The first kappa shape index (κ1) is 16.4. The lowest BCUT2D eigenvalue weighted by atomic mass is 9.94. The molecule has 0 spiro atoms. The topological polar surface area (TPSA) is 108 Å². The van der Waals surface area contributed by atoms with E-state index >= 15 is 0 Å². The second kappa shape index (κ2) is 7.00. The van der Waals surface area contributed by atoms with Crippen molar-refractivity contribution < 1.29 is 9.32 Å². The second-order valence-electron chi connectivity index (χ2n) is 5.67. The van der Waals surface area contributed by atoms with Crippen LogP contribution in [-0.4, -0.2) is 16.9 Å². The van der Waals surface area contributed by atoms with Gasteiger partial charge >= 0.3 is 0 Å². The van der Waals surface area contributed by atoms with Gasteiger partial charge in [-0.25, -0.2) is 0 Å². The number of guanidine groups is 1. The molecule has 25 heavy (non-hydrogen) atoms. The first-order valence-corrected chi connectivity index (χ1v) is 7.80. The summed E-state index contributed by atoms with van der Waals surface area (Å²) in [4.78, 5) is 16.4. The Morgan fingerprint density at radius 3 is 2.48 bits per heavy atom. The summed E-state index contributed by atoms with van der Waals surface area (Å²) >= 11 is 0. The minimum Gasteiger partial charge on any atom is -0.370 e. The lowest BCUT2D eigenvalue weighted by Gasteiger charge is -2.10. The van der Waals surface area contributed by atoms with Crippen LogP contribution in [0.5, 0.6) is 0 Å². The van der Waals surface area contributed by atoms with Crippen molar-refractivity contribution >= 4 is 17.6 Å². The number of carbonyl (C=O) groups is 1. The number of hydrogen-bond donors (Lipinski definition) is 2. The van der Waals surface area contributed by atoms with E-state index in [-0.39, 0.29) is 23.5 Å². The average Bonchev–Trinajstić information content (AvgIpc) is 3.09. The Labute approximate surface area is 145 Å². The zero-order valence-electron chi connectivity index (χ0n) is 13.7. The third-order valence-electron chi connectivity index (χ3n) is 3.88. The van der Waals surface area contributed by atoms with Gasteiger partial charge in [0.15, 0.2) is 11.7 Å². The number of rotatable bonds is 5. The van der Waals surface area contributed by atoms with Crippen molar-refractivity contribution in [2.45, 2.75) is 12.8 Å². The molecule has 2 aromatic carbocycles. The number of hydrogen-bond acceptors (Lipinski definition) is 4. The fourth-order valence-electron chi connectivity index (χ4n) is 2.54. The summed E-state index contributed by atoms with van der Waals surface area (Å²) in [7, 11) is 0. The molecule has 1 atom stereocenters. The van der Waals surface area contributed by atoms with Crippen LogP contribution in [0.3, 0.4) is 0 Å². The van der Waals surface area contributed by atoms with Crippen LogP contribution in [0.4, 0.5) is 5.88 Å². The maximum atomic E-state index is 12.6. The molecular formula is C19H18N4O2. The molecule has 0 saturated heterocycles. The molecule has 1 aromatic heterocycles. The predicted octanol–water partition coefficient (Wildman–Crippen LogP) is 2.96. The van der Waals surface area contributed by atoms with Crippen LogP contribution >= 0.6 is 0 Å². The highest BCUT2D eigenvalue weighted by molar-refractivity contribution is 6.09. The highest BCUT2D eigenvalue weighted by Gasteiger charge is 2.16. The molecule has 3 aromatic rings. The van der Waals surface area contributed by atoms with E-state index in [4.69, 9.17) is 16.0 Å². The van der Waals surface area contributed by atoms with Gasteiger partial charge in [0.2, 0.25) is 0 Å². The molecule has 0 bridgehead atoms. The first-order valence-electron chi connectivity index (χ1n) is 7.80. The van der Waals surface area contributed by atoms with Crippen molar-refractivity contribution in [1.82, 2.24) is 5.16 Å². The summed E-state index contributed by atoms with van der Waals surface area (Å²) in [6.45, 7) is 1.98. The van der Waals surface area contributed by atoms with Gasteiger partial charge in [-0.05, 0) is 11.6 Å². The van der Waals surface area contributed by atoms with Crippen LogP contribution in [0.1, 0.15) is 40.0 Å². The smallest absolute Gasteiger partial charge is 0.253 e. The number of nitrogens with two attached hydrogens (primary N) is 2. The molecule has 0 aliphatic carbocycles. The lowest BCUT2D eigenvalue weighted by Crippen LogP contribution is -2.21. The number of benzene rings is 2. The second-order valence-corrected chi connectivity index (χ2v) is 5.67. The molecule has 1 unspecified atom stereocenters. The minimum atomic E-state index is -0.0918. The minimum absolute atomic E-state index is 0.0176. The largest absolute Gasteiger partial charge is 0.370 e. The molecule has 4 N–H and O–H groups in total. The lowest BCUT2D eigenvalue weighted by molar-refractivity contribution is 0.103. The number of carbonyl (C=O) groups excluding carboxylic acids is 1. The Kier molecular flexibility index (Phi) is 4.61. The van der Waals surface area contributed by atoms with Crippen molar-refractivity contribution in [3.05, 3.63) is 83.0 Å². The van der Waals surface area contributed by atoms with Gasteiger partial charge in [0.1, 0.15) is 0 Å². The van der Waals surface area contributed by atoms with E-state index in [1.54, 1.807) is 24.3 Å². The number of aliphatic imine (C=N–C) groups is 1. The van der Waals surface area contributed by atoms with Gasteiger partial charge in [-0.2, -0.15) is 4.99 Å². The van der Waals surface area contributed by atoms with E-state index in [1.807, 2.05) is 43.3 Å². The molecule has 1 heterocycles. The molecule has 3 rings (SSSR count). The van der Waals surface area contributed by atoms with Gasteiger partial charge < -0.3 is 16.0 Å². The summed E-state index contributed by atoms with van der Waals surface area (Å²) in [6, 6.07) is 18.3. The number of ketones is 1. The first-order chi connectivity index (χ1) is 12.0. The van der Waals surface area contributed by atoms with E-state index in [1.165, 1.54) is 0 Å². The summed E-state index contributed by atoms with van der Waals surface area (Å²) in [5.41, 5.74) is 13.6. The van der Waals surface area contributed by atoms with Gasteiger partial charge in [-0.1, -0.05) is 60.6 Å². The van der Waals surface area contributed by atoms with Crippen molar-refractivity contribution in [1.29, 1.82) is 0 Å². The van der Waals surface area contributed by atoms with Crippen LogP contribution in [0.15, 0.2) is 70.2 Å². The highest BCUT2D eigenvalue weighted by atomic mass is 16.5. The normalized spacial score (nSPS) is 11.7. The van der Waals surface area contributed by atoms with Crippen molar-refractivity contribution in [3.63, 3.8) is 0 Å². The van der Waals surface area contributed by atoms with Crippen LogP contribution in [0.2, 0.25) is 0 Å². The van der Waals surface area contributed by atoms with Gasteiger partial charge in [0.05, 0.1) is 5.69 Å². The van der Waals surface area contributed by atoms with Gasteiger partial charge in [0, 0.05) is 23.1 Å². The Morgan fingerprint density at radius 2 is 1.76 bits per heavy atom. The summed E-state index contributed by atoms with van der Waals surface area (Å²) in [5, 5.41) is 4.00. The molecular weight excluding hydrogens is 316 g/mol. The van der Waals surface area contributed by atoms with E-state index in [0.717, 1.165) is 5.56 Å². The van der Waals surface area contributed by atoms with Crippen molar-refractivity contribution in [2.24, 2.45) is 16.5 Å². The van der Waals surface area contributed by atoms with E-state index < -0.39 is 0 Å². The summed E-state index contributed by atoms with van der Waals surface area (Å²) in [6.07, 6.45) is 0. The number of aromatic nitrogens is 1. The molecule has 6 heteroatoms.